The number of hydrogen-bond acceptors (Lipinski definition) is 4. The Labute approximate surface area is 173 Å². The quantitative estimate of drug-likeness (QED) is 0.340. The first-order chi connectivity index (χ1) is 13.8. The average Bonchev–Trinajstić information content (AvgIpc) is 2.69. The van der Waals surface area contributed by atoms with E-state index in [1.165, 1.54) is 31.2 Å². The van der Waals surface area contributed by atoms with Gasteiger partial charge in [0.05, 0.1) is 26.3 Å². The lowest BCUT2D eigenvalue weighted by Crippen LogP contribution is -2.56. The van der Waals surface area contributed by atoms with E-state index in [4.69, 9.17) is 9.73 Å². The molecule has 170 valence electrons. The van der Waals surface area contributed by atoms with Gasteiger partial charge in [0, 0.05) is 31.7 Å². The molecule has 0 amide bonds. The molecule has 1 saturated carbocycles. The van der Waals surface area contributed by atoms with Crippen molar-refractivity contribution in [2.45, 2.75) is 57.2 Å². The summed E-state index contributed by atoms with van der Waals surface area (Å²) in [5.74, 6) is 0.754. The smallest absolute Gasteiger partial charge is 0.379 e. The fourth-order valence-electron chi connectivity index (χ4n) is 4.33. The number of guanidine groups is 1. The van der Waals surface area contributed by atoms with Crippen molar-refractivity contribution in [1.29, 1.82) is 0 Å². The molecule has 0 spiro atoms. The average molecular weight is 422 g/mol. The molecule has 2 aliphatic rings. The molecule has 0 bridgehead atoms. The molecule has 6 nitrogen and oxygen atoms in total. The molecule has 0 aromatic rings. The van der Waals surface area contributed by atoms with Crippen molar-refractivity contribution >= 4 is 5.96 Å². The van der Waals surface area contributed by atoms with Crippen molar-refractivity contribution in [3.8, 4) is 0 Å². The Morgan fingerprint density at radius 1 is 1.14 bits per heavy atom. The van der Waals surface area contributed by atoms with E-state index >= 15 is 0 Å². The molecular weight excluding hydrogens is 383 g/mol. The lowest BCUT2D eigenvalue weighted by Gasteiger charge is -2.47. The molecule has 2 N–H and O–H groups in total. The van der Waals surface area contributed by atoms with Gasteiger partial charge in [-0.15, -0.1) is 0 Å². The predicted molar refractivity (Wildman–Crippen MR) is 110 cm³/mol. The number of halogens is 3. The SMILES string of the molecule is CCNC(=NCC1(N2CCOCC2)CCCCC1)NCCCN(C)CC(F)(F)F. The van der Waals surface area contributed by atoms with Gasteiger partial charge in [-0.25, -0.2) is 0 Å². The maximum Gasteiger partial charge on any atom is 0.401 e. The minimum atomic E-state index is -4.15. The van der Waals surface area contributed by atoms with Gasteiger partial charge in [0.25, 0.3) is 0 Å². The van der Waals surface area contributed by atoms with Crippen LogP contribution in [0.15, 0.2) is 4.99 Å². The van der Waals surface area contributed by atoms with E-state index in [-0.39, 0.29) is 5.54 Å². The number of morpholine rings is 1. The van der Waals surface area contributed by atoms with E-state index in [2.05, 4.69) is 15.5 Å². The minimum absolute atomic E-state index is 0.108. The van der Waals surface area contributed by atoms with Crippen LogP contribution < -0.4 is 10.6 Å². The van der Waals surface area contributed by atoms with Crippen LogP contribution in [0.2, 0.25) is 0 Å². The Balaban J connectivity index is 1.87. The molecule has 2 fully saturated rings. The Bertz CT molecular complexity index is 489. The van der Waals surface area contributed by atoms with Crippen molar-refractivity contribution in [2.24, 2.45) is 4.99 Å². The summed E-state index contributed by atoms with van der Waals surface area (Å²) < 4.78 is 42.8. The normalized spacial score (nSPS) is 21.4. The molecule has 0 radical (unpaired) electrons. The van der Waals surface area contributed by atoms with E-state index in [1.54, 1.807) is 0 Å². The highest BCUT2D eigenvalue weighted by Gasteiger charge is 2.38. The summed E-state index contributed by atoms with van der Waals surface area (Å²) in [6.45, 7) is 7.14. The lowest BCUT2D eigenvalue weighted by atomic mass is 9.80. The first-order valence-corrected chi connectivity index (χ1v) is 10.9. The zero-order valence-electron chi connectivity index (χ0n) is 18.0. The topological polar surface area (TPSA) is 52.1 Å². The third-order valence-electron chi connectivity index (χ3n) is 5.80. The van der Waals surface area contributed by atoms with Crippen molar-refractivity contribution < 1.29 is 17.9 Å². The van der Waals surface area contributed by atoms with Crippen LogP contribution in [0.1, 0.15) is 45.4 Å². The standard InChI is InChI=1S/C20H38F3N5O/c1-3-24-18(25-10-7-11-27(2)17-20(21,22)23)26-16-19(8-5-4-6-9-19)28-12-14-29-15-13-28/h3-17H2,1-2H3,(H2,24,25,26). The second-order valence-corrected chi connectivity index (χ2v) is 8.21. The summed E-state index contributed by atoms with van der Waals surface area (Å²) in [6, 6.07) is 0. The van der Waals surface area contributed by atoms with Crippen molar-refractivity contribution in [2.75, 3.05) is 66.1 Å². The van der Waals surface area contributed by atoms with Crippen LogP contribution in [0.25, 0.3) is 0 Å². The molecule has 2 rings (SSSR count). The van der Waals surface area contributed by atoms with Crippen molar-refractivity contribution in [3.63, 3.8) is 0 Å². The first-order valence-electron chi connectivity index (χ1n) is 10.9. The third kappa shape index (κ3) is 8.68. The monoisotopic (exact) mass is 421 g/mol. The number of hydrogen-bond donors (Lipinski definition) is 2. The first kappa shape index (κ1) is 24.2. The summed E-state index contributed by atoms with van der Waals surface area (Å²) >= 11 is 0. The highest BCUT2D eigenvalue weighted by Crippen LogP contribution is 2.34. The van der Waals surface area contributed by atoms with Crippen LogP contribution >= 0.6 is 0 Å². The highest BCUT2D eigenvalue weighted by molar-refractivity contribution is 5.79. The Morgan fingerprint density at radius 3 is 2.45 bits per heavy atom. The Hall–Kier alpha value is -1.06. The second kappa shape index (κ2) is 12.0. The Kier molecular flexibility index (Phi) is 9.98. The third-order valence-corrected chi connectivity index (χ3v) is 5.80. The van der Waals surface area contributed by atoms with Crippen molar-refractivity contribution in [3.05, 3.63) is 0 Å². The molecule has 0 unspecified atom stereocenters. The molecular formula is C20H38F3N5O. The molecule has 9 heteroatoms. The molecule has 0 aromatic carbocycles. The molecule has 0 aromatic heterocycles. The number of ether oxygens (including phenoxy) is 1. The van der Waals surface area contributed by atoms with E-state index in [9.17, 15) is 13.2 Å². The van der Waals surface area contributed by atoms with Gasteiger partial charge >= 0.3 is 6.18 Å². The molecule has 0 atom stereocenters. The highest BCUT2D eigenvalue weighted by atomic mass is 19.4. The number of nitrogens with zero attached hydrogens (tertiary/aromatic N) is 3. The fraction of sp³-hybridized carbons (Fsp3) is 0.950. The van der Waals surface area contributed by atoms with Gasteiger partial charge in [0.2, 0.25) is 0 Å². The van der Waals surface area contributed by atoms with Gasteiger partial charge in [-0.3, -0.25) is 14.8 Å². The summed E-state index contributed by atoms with van der Waals surface area (Å²) in [5.41, 5.74) is 0.108. The van der Waals surface area contributed by atoms with Crippen LogP contribution in [-0.2, 0) is 4.74 Å². The fourth-order valence-corrected chi connectivity index (χ4v) is 4.33. The van der Waals surface area contributed by atoms with Gasteiger partial charge in [-0.1, -0.05) is 19.3 Å². The zero-order valence-corrected chi connectivity index (χ0v) is 18.0. The van der Waals surface area contributed by atoms with E-state index in [0.717, 1.165) is 58.2 Å². The maximum absolute atomic E-state index is 12.4. The van der Waals surface area contributed by atoms with Gasteiger partial charge in [-0.2, -0.15) is 13.2 Å². The van der Waals surface area contributed by atoms with Gasteiger partial charge in [0.1, 0.15) is 0 Å². The maximum atomic E-state index is 12.4. The van der Waals surface area contributed by atoms with Gasteiger partial charge < -0.3 is 15.4 Å². The number of rotatable bonds is 9. The summed E-state index contributed by atoms with van der Waals surface area (Å²) in [7, 11) is 1.50. The predicted octanol–water partition coefficient (Wildman–Crippen LogP) is 2.46. The molecule has 1 saturated heterocycles. The van der Waals surface area contributed by atoms with Crippen LogP contribution in [-0.4, -0.2) is 93.5 Å². The zero-order chi connectivity index (χ0) is 21.2. The van der Waals surface area contributed by atoms with Crippen LogP contribution in [0, 0.1) is 0 Å². The molecule has 1 aliphatic carbocycles. The Morgan fingerprint density at radius 2 is 1.83 bits per heavy atom. The van der Waals surface area contributed by atoms with E-state index in [0.29, 0.717) is 19.5 Å². The number of nitrogens with one attached hydrogen (secondary N) is 2. The van der Waals surface area contributed by atoms with Gasteiger partial charge in [0.15, 0.2) is 5.96 Å². The van der Waals surface area contributed by atoms with Crippen LogP contribution in [0.5, 0.6) is 0 Å². The van der Waals surface area contributed by atoms with E-state index in [1.807, 2.05) is 6.92 Å². The molecule has 1 heterocycles. The molecule has 1 aliphatic heterocycles. The minimum Gasteiger partial charge on any atom is -0.379 e. The summed E-state index contributed by atoms with van der Waals surface area (Å²) in [4.78, 5) is 8.75. The largest absolute Gasteiger partial charge is 0.401 e. The summed E-state index contributed by atoms with van der Waals surface area (Å²) in [6.07, 6.45) is 2.58. The van der Waals surface area contributed by atoms with E-state index < -0.39 is 12.7 Å². The lowest BCUT2D eigenvalue weighted by molar-refractivity contribution is -0.143. The number of alkyl halides is 3. The van der Waals surface area contributed by atoms with Gasteiger partial charge in [-0.05, 0) is 39.8 Å². The summed E-state index contributed by atoms with van der Waals surface area (Å²) in [5, 5.41) is 6.56. The number of aliphatic imine (C=N–C) groups is 1. The van der Waals surface area contributed by atoms with Crippen LogP contribution in [0.4, 0.5) is 13.2 Å². The molecule has 29 heavy (non-hydrogen) atoms. The van der Waals surface area contributed by atoms with Crippen LogP contribution in [0.3, 0.4) is 0 Å². The second-order valence-electron chi connectivity index (χ2n) is 8.21. The van der Waals surface area contributed by atoms with Crippen molar-refractivity contribution in [1.82, 2.24) is 20.4 Å².